The van der Waals surface area contributed by atoms with E-state index in [9.17, 15) is 4.79 Å². The quantitative estimate of drug-likeness (QED) is 0.729. The smallest absolute Gasteiger partial charge is 0.226 e. The Kier molecular flexibility index (Phi) is 6.19. The van der Waals surface area contributed by atoms with Crippen LogP contribution in [0.25, 0.3) is 0 Å². The molecule has 0 saturated carbocycles. The average molecular weight is 370 g/mol. The number of aromatic nitrogens is 2. The Bertz CT molecular complexity index is 762. The fourth-order valence-corrected chi connectivity index (χ4v) is 4.04. The van der Waals surface area contributed by atoms with Gasteiger partial charge in [-0.2, -0.15) is 0 Å². The van der Waals surface area contributed by atoms with E-state index in [4.69, 9.17) is 9.72 Å². The Morgan fingerprint density at radius 1 is 1.26 bits per heavy atom. The molecule has 3 rings (SSSR count). The van der Waals surface area contributed by atoms with Gasteiger partial charge in [-0.15, -0.1) is 0 Å². The zero-order valence-corrected chi connectivity index (χ0v) is 16.9. The summed E-state index contributed by atoms with van der Waals surface area (Å²) in [7, 11) is 1.68. The van der Waals surface area contributed by atoms with Gasteiger partial charge in [0.1, 0.15) is 11.6 Å². The third kappa shape index (κ3) is 4.02. The maximum absolute atomic E-state index is 13.0. The monoisotopic (exact) mass is 369 g/mol. The van der Waals surface area contributed by atoms with E-state index < -0.39 is 0 Å². The van der Waals surface area contributed by atoms with E-state index >= 15 is 0 Å². The summed E-state index contributed by atoms with van der Waals surface area (Å²) in [5, 5.41) is 0. The molecule has 1 aliphatic heterocycles. The van der Waals surface area contributed by atoms with Gasteiger partial charge in [-0.3, -0.25) is 4.79 Å². The molecule has 1 fully saturated rings. The third-order valence-electron chi connectivity index (χ3n) is 5.75. The normalized spacial score (nSPS) is 16.9. The lowest BCUT2D eigenvalue weighted by Crippen LogP contribution is -2.36. The van der Waals surface area contributed by atoms with Gasteiger partial charge >= 0.3 is 0 Å². The summed E-state index contributed by atoms with van der Waals surface area (Å²) in [6.45, 7) is 7.89. The lowest BCUT2D eigenvalue weighted by Gasteiger charge is -2.28. The molecule has 0 N–H and O–H groups in total. The van der Waals surface area contributed by atoms with E-state index in [1.54, 1.807) is 7.11 Å². The van der Waals surface area contributed by atoms with Crippen molar-refractivity contribution in [2.45, 2.75) is 59.0 Å². The fraction of sp³-hybridized carbons (Fsp3) is 0.545. The number of amides is 1. The van der Waals surface area contributed by atoms with E-state index in [1.165, 1.54) is 5.56 Å². The second-order valence-corrected chi connectivity index (χ2v) is 7.40. The number of hydrogen-bond donors (Lipinski definition) is 0. The highest BCUT2D eigenvalue weighted by atomic mass is 16.5. The molecule has 0 aliphatic carbocycles. The van der Waals surface area contributed by atoms with Crippen LogP contribution < -0.4 is 4.74 Å². The third-order valence-corrected chi connectivity index (χ3v) is 5.75. The molecule has 5 nitrogen and oxygen atoms in total. The molecule has 1 aromatic heterocycles. The number of carbonyl (C=O) groups excluding carboxylic acids is 1. The number of methoxy groups -OCH3 is 1. The van der Waals surface area contributed by atoms with E-state index in [2.05, 4.69) is 42.4 Å². The molecule has 27 heavy (non-hydrogen) atoms. The van der Waals surface area contributed by atoms with Crippen molar-refractivity contribution in [2.24, 2.45) is 5.92 Å². The van der Waals surface area contributed by atoms with Crippen molar-refractivity contribution in [3.8, 4) is 5.75 Å². The molecule has 1 amide bonds. The van der Waals surface area contributed by atoms with Crippen LogP contribution in [0.1, 0.15) is 62.7 Å². The largest absolute Gasteiger partial charge is 0.497 e. The molecular formula is C22H31N3O2. The van der Waals surface area contributed by atoms with Gasteiger partial charge in [0, 0.05) is 30.9 Å². The van der Waals surface area contributed by atoms with Gasteiger partial charge in [-0.05, 0) is 50.3 Å². The summed E-state index contributed by atoms with van der Waals surface area (Å²) in [6, 6.07) is 8.23. The number of carbonyl (C=O) groups is 1. The van der Waals surface area contributed by atoms with E-state index in [1.807, 2.05) is 18.3 Å². The van der Waals surface area contributed by atoms with Gasteiger partial charge in [0.05, 0.1) is 13.2 Å². The van der Waals surface area contributed by atoms with Crippen LogP contribution in [0.3, 0.4) is 0 Å². The molecule has 2 aromatic rings. The second kappa shape index (κ2) is 8.59. The van der Waals surface area contributed by atoms with Crippen molar-refractivity contribution in [1.82, 2.24) is 14.5 Å². The number of benzene rings is 1. The van der Waals surface area contributed by atoms with E-state index in [0.29, 0.717) is 5.91 Å². The van der Waals surface area contributed by atoms with Crippen LogP contribution in [0.15, 0.2) is 30.5 Å². The number of imidazole rings is 1. The first-order chi connectivity index (χ1) is 13.1. The molecule has 0 radical (unpaired) electrons. The van der Waals surface area contributed by atoms with Crippen LogP contribution in [-0.4, -0.2) is 34.0 Å². The summed E-state index contributed by atoms with van der Waals surface area (Å²) in [4.78, 5) is 19.8. The van der Waals surface area contributed by atoms with Crippen molar-refractivity contribution < 1.29 is 9.53 Å². The fourth-order valence-electron chi connectivity index (χ4n) is 4.04. The highest BCUT2D eigenvalue weighted by Gasteiger charge is 2.35. The summed E-state index contributed by atoms with van der Waals surface area (Å²) in [5.41, 5.74) is 2.33. The summed E-state index contributed by atoms with van der Waals surface area (Å²) < 4.78 is 7.51. The average Bonchev–Trinajstić information content (AvgIpc) is 3.30. The first-order valence-corrected chi connectivity index (χ1v) is 10.0. The molecule has 1 aromatic carbocycles. The van der Waals surface area contributed by atoms with Gasteiger partial charge in [-0.1, -0.05) is 26.0 Å². The standard InChI is InChI=1S/C22H31N3O2/c1-5-18(6-2)22(26)24-13-7-8-20(24)21-23-14-16(3)25(21)15-17-9-11-19(27-4)12-10-17/h9-12,14,18,20H,5-8,13,15H2,1-4H3. The van der Waals surface area contributed by atoms with Gasteiger partial charge < -0.3 is 14.2 Å². The first kappa shape index (κ1) is 19.5. The molecule has 1 saturated heterocycles. The number of rotatable bonds is 7. The second-order valence-electron chi connectivity index (χ2n) is 7.40. The molecule has 2 heterocycles. The molecule has 0 bridgehead atoms. The van der Waals surface area contributed by atoms with Gasteiger partial charge in [-0.25, -0.2) is 4.98 Å². The van der Waals surface area contributed by atoms with Crippen molar-refractivity contribution in [1.29, 1.82) is 0 Å². The highest BCUT2D eigenvalue weighted by molar-refractivity contribution is 5.79. The zero-order valence-electron chi connectivity index (χ0n) is 16.9. The van der Waals surface area contributed by atoms with Gasteiger partial charge in [0.25, 0.3) is 0 Å². The van der Waals surface area contributed by atoms with E-state index in [-0.39, 0.29) is 12.0 Å². The van der Waals surface area contributed by atoms with Crippen LogP contribution in [0.5, 0.6) is 5.75 Å². The maximum atomic E-state index is 13.0. The van der Waals surface area contributed by atoms with Crippen LogP contribution >= 0.6 is 0 Å². The van der Waals surface area contributed by atoms with E-state index in [0.717, 1.165) is 56.0 Å². The molecule has 1 atom stereocenters. The summed E-state index contributed by atoms with van der Waals surface area (Å²) >= 11 is 0. The predicted molar refractivity (Wildman–Crippen MR) is 107 cm³/mol. The number of aryl methyl sites for hydroxylation is 1. The highest BCUT2D eigenvalue weighted by Crippen LogP contribution is 2.34. The van der Waals surface area contributed by atoms with Gasteiger partial charge in [0.2, 0.25) is 5.91 Å². The number of hydrogen-bond acceptors (Lipinski definition) is 3. The molecule has 1 aliphatic rings. The minimum Gasteiger partial charge on any atom is -0.497 e. The Morgan fingerprint density at radius 3 is 2.59 bits per heavy atom. The number of ether oxygens (including phenoxy) is 1. The Balaban J connectivity index is 1.85. The molecule has 0 spiro atoms. The Morgan fingerprint density at radius 2 is 1.96 bits per heavy atom. The Labute approximate surface area is 162 Å². The minimum absolute atomic E-state index is 0.0880. The summed E-state index contributed by atoms with van der Waals surface area (Å²) in [6.07, 6.45) is 5.77. The number of nitrogens with zero attached hydrogens (tertiary/aromatic N) is 3. The van der Waals surface area contributed by atoms with Crippen molar-refractivity contribution in [3.63, 3.8) is 0 Å². The van der Waals surface area contributed by atoms with Crippen LogP contribution in [0.2, 0.25) is 0 Å². The number of likely N-dealkylation sites (tertiary alicyclic amines) is 1. The zero-order chi connectivity index (χ0) is 19.4. The molecule has 5 heteroatoms. The first-order valence-electron chi connectivity index (χ1n) is 10.0. The predicted octanol–water partition coefficient (Wildman–Crippen LogP) is 4.35. The molecule has 1 unspecified atom stereocenters. The van der Waals surface area contributed by atoms with Crippen LogP contribution in [0, 0.1) is 12.8 Å². The summed E-state index contributed by atoms with van der Waals surface area (Å²) in [5.74, 6) is 2.29. The maximum Gasteiger partial charge on any atom is 0.226 e. The SMILES string of the molecule is CCC(CC)C(=O)N1CCCC1c1ncc(C)n1Cc1ccc(OC)cc1. The topological polar surface area (TPSA) is 47.4 Å². The van der Waals surface area contributed by atoms with Crippen molar-refractivity contribution in [3.05, 3.63) is 47.5 Å². The van der Waals surface area contributed by atoms with Gasteiger partial charge in [0.15, 0.2) is 0 Å². The Hall–Kier alpha value is -2.30. The van der Waals surface area contributed by atoms with Crippen molar-refractivity contribution in [2.75, 3.05) is 13.7 Å². The lowest BCUT2D eigenvalue weighted by atomic mass is 10.0. The van der Waals surface area contributed by atoms with Crippen LogP contribution in [-0.2, 0) is 11.3 Å². The van der Waals surface area contributed by atoms with Crippen molar-refractivity contribution >= 4 is 5.91 Å². The molecular weight excluding hydrogens is 338 g/mol. The molecule has 146 valence electrons. The lowest BCUT2D eigenvalue weighted by molar-refractivity contribution is -0.136. The minimum atomic E-state index is 0.0880. The van der Waals surface area contributed by atoms with Crippen LogP contribution in [0.4, 0.5) is 0 Å².